The molecule has 9 heteroatoms. The van der Waals surface area contributed by atoms with Crippen LogP contribution in [0.2, 0.25) is 0 Å². The fourth-order valence-corrected chi connectivity index (χ4v) is 2.83. The van der Waals surface area contributed by atoms with Crippen LogP contribution >= 0.6 is 0 Å². The van der Waals surface area contributed by atoms with E-state index in [0.29, 0.717) is 12.1 Å². The van der Waals surface area contributed by atoms with Gasteiger partial charge in [0.1, 0.15) is 11.4 Å². The summed E-state index contributed by atoms with van der Waals surface area (Å²) in [5, 5.41) is 8.78. The molecule has 0 saturated heterocycles. The molecule has 0 atom stereocenters. The minimum Gasteiger partial charge on any atom is -0.494 e. The van der Waals surface area contributed by atoms with Gasteiger partial charge in [-0.25, -0.2) is 22.4 Å². The fourth-order valence-electron chi connectivity index (χ4n) is 2.83. The number of carboxylic acids is 1. The van der Waals surface area contributed by atoms with Crippen LogP contribution in [0.4, 0.5) is 17.6 Å². The van der Waals surface area contributed by atoms with E-state index in [9.17, 15) is 32.3 Å². The highest BCUT2D eigenvalue weighted by Crippen LogP contribution is 2.29. The first-order chi connectivity index (χ1) is 12.7. The number of rotatable bonds is 3. The molecule has 0 bridgehead atoms. The molecular weight excluding hydrogens is 370 g/mol. The third-order valence-electron chi connectivity index (χ3n) is 4.12. The van der Waals surface area contributed by atoms with Crippen molar-refractivity contribution in [3.8, 4) is 11.4 Å². The maximum atomic E-state index is 14.4. The summed E-state index contributed by atoms with van der Waals surface area (Å²) in [5.74, 6) is -6.80. The van der Waals surface area contributed by atoms with Gasteiger partial charge in [0.2, 0.25) is 5.43 Å². The molecule has 0 spiro atoms. The lowest BCUT2D eigenvalue weighted by Gasteiger charge is -2.17. The Balaban J connectivity index is 2.57. The van der Waals surface area contributed by atoms with Gasteiger partial charge in [0.05, 0.1) is 23.7 Å². The lowest BCUT2D eigenvalue weighted by molar-refractivity contribution is 0.0695. The summed E-state index contributed by atoms with van der Waals surface area (Å²) in [6, 6.07) is 1.95. The first-order valence-corrected chi connectivity index (χ1v) is 7.48. The third-order valence-corrected chi connectivity index (χ3v) is 4.12. The zero-order valence-corrected chi connectivity index (χ0v) is 13.9. The number of aromatic nitrogens is 1. The minimum atomic E-state index is -1.65. The Bertz CT molecular complexity index is 1170. The van der Waals surface area contributed by atoms with E-state index in [1.165, 1.54) is 0 Å². The number of carboxylic acid groups (broad SMARTS) is 1. The van der Waals surface area contributed by atoms with Crippen LogP contribution in [0.25, 0.3) is 16.6 Å². The summed E-state index contributed by atoms with van der Waals surface area (Å²) < 4.78 is 61.6. The molecule has 0 radical (unpaired) electrons. The van der Waals surface area contributed by atoms with Gasteiger partial charge in [-0.05, 0) is 13.0 Å². The number of benzene rings is 2. The summed E-state index contributed by atoms with van der Waals surface area (Å²) in [5.41, 5.74) is -2.87. The van der Waals surface area contributed by atoms with E-state index >= 15 is 0 Å². The van der Waals surface area contributed by atoms with Crippen molar-refractivity contribution in [2.24, 2.45) is 0 Å². The van der Waals surface area contributed by atoms with E-state index in [0.717, 1.165) is 30.9 Å². The molecule has 3 aromatic rings. The molecule has 0 amide bonds. The maximum Gasteiger partial charge on any atom is 0.341 e. The van der Waals surface area contributed by atoms with Crippen molar-refractivity contribution in [3.05, 3.63) is 69.0 Å². The van der Waals surface area contributed by atoms with Gasteiger partial charge in [-0.1, -0.05) is 0 Å². The first kappa shape index (κ1) is 18.4. The predicted octanol–water partition coefficient (Wildman–Crippen LogP) is 3.56. The smallest absolute Gasteiger partial charge is 0.341 e. The van der Waals surface area contributed by atoms with Crippen molar-refractivity contribution < 1.29 is 32.2 Å². The highest BCUT2D eigenvalue weighted by molar-refractivity contribution is 5.94. The van der Waals surface area contributed by atoms with Crippen LogP contribution < -0.4 is 10.2 Å². The highest BCUT2D eigenvalue weighted by Gasteiger charge is 2.22. The molecule has 0 saturated carbocycles. The number of hydrogen-bond donors (Lipinski definition) is 1. The van der Waals surface area contributed by atoms with E-state index in [2.05, 4.69) is 0 Å². The molecule has 0 aliphatic carbocycles. The maximum absolute atomic E-state index is 14.4. The molecule has 0 aliphatic heterocycles. The van der Waals surface area contributed by atoms with Crippen LogP contribution in [-0.4, -0.2) is 22.8 Å². The third kappa shape index (κ3) is 2.80. The molecule has 0 aliphatic rings. The number of nitrogens with zero attached hydrogens (tertiary/aromatic N) is 1. The molecule has 2 aromatic carbocycles. The second kappa shape index (κ2) is 6.42. The van der Waals surface area contributed by atoms with E-state index in [1.807, 2.05) is 0 Å². The largest absolute Gasteiger partial charge is 0.494 e. The predicted molar refractivity (Wildman–Crippen MR) is 87.6 cm³/mol. The van der Waals surface area contributed by atoms with Gasteiger partial charge in [0.25, 0.3) is 0 Å². The molecule has 1 N–H and O–H groups in total. The number of pyridine rings is 1. The Hall–Kier alpha value is -3.36. The van der Waals surface area contributed by atoms with Crippen LogP contribution in [0, 0.1) is 30.2 Å². The standard InChI is InChI=1S/C18H11F4NO4/c1-7-15(22)12(21)3-8-16(7)23(6-9(17(8)24)18(25)26)13-5-14(27-2)11(20)4-10(13)19/h3-6H,1-2H3,(H,25,26). The summed E-state index contributed by atoms with van der Waals surface area (Å²) in [6.07, 6.45) is 0.771. The average molecular weight is 381 g/mol. The number of hydrogen-bond acceptors (Lipinski definition) is 3. The van der Waals surface area contributed by atoms with Gasteiger partial charge in [-0.3, -0.25) is 4.79 Å². The Morgan fingerprint density at radius 1 is 1.07 bits per heavy atom. The molecular formula is C18H11F4NO4. The number of carbonyl (C=O) groups is 1. The van der Waals surface area contributed by atoms with Crippen molar-refractivity contribution >= 4 is 16.9 Å². The zero-order chi connectivity index (χ0) is 20.0. The second-order valence-corrected chi connectivity index (χ2v) is 5.68. The van der Waals surface area contributed by atoms with Crippen LogP contribution in [0.3, 0.4) is 0 Å². The topological polar surface area (TPSA) is 68.5 Å². The Kier molecular flexibility index (Phi) is 4.38. The summed E-state index contributed by atoms with van der Waals surface area (Å²) in [7, 11) is 1.13. The van der Waals surface area contributed by atoms with Gasteiger partial charge < -0.3 is 14.4 Å². The first-order valence-electron chi connectivity index (χ1n) is 7.48. The SMILES string of the molecule is COc1cc(-n2cc(C(=O)O)c(=O)c3cc(F)c(F)c(C)c32)c(F)cc1F. The lowest BCUT2D eigenvalue weighted by atomic mass is 10.1. The Morgan fingerprint density at radius 3 is 2.33 bits per heavy atom. The van der Waals surface area contributed by atoms with Crippen molar-refractivity contribution in [3.63, 3.8) is 0 Å². The van der Waals surface area contributed by atoms with Crippen molar-refractivity contribution in [2.75, 3.05) is 7.11 Å². The van der Waals surface area contributed by atoms with E-state index in [-0.39, 0.29) is 16.8 Å². The molecule has 0 unspecified atom stereocenters. The quantitative estimate of drug-likeness (QED) is 0.705. The molecule has 1 aromatic heterocycles. The molecule has 0 fully saturated rings. The zero-order valence-electron chi connectivity index (χ0n) is 13.9. The molecule has 140 valence electrons. The van der Waals surface area contributed by atoms with Gasteiger partial charge in [-0.15, -0.1) is 0 Å². The number of fused-ring (bicyclic) bond motifs is 1. The van der Waals surface area contributed by atoms with Crippen LogP contribution in [0.5, 0.6) is 5.75 Å². The number of aromatic carboxylic acids is 1. The van der Waals surface area contributed by atoms with E-state index in [1.54, 1.807) is 0 Å². The van der Waals surface area contributed by atoms with Crippen molar-refractivity contribution in [1.82, 2.24) is 4.57 Å². The molecule has 5 nitrogen and oxygen atoms in total. The fraction of sp³-hybridized carbons (Fsp3) is 0.111. The molecule has 3 rings (SSSR count). The Labute approximate surface area is 149 Å². The summed E-state index contributed by atoms with van der Waals surface area (Å²) in [4.78, 5) is 23.8. The second-order valence-electron chi connectivity index (χ2n) is 5.68. The van der Waals surface area contributed by atoms with Gasteiger partial charge >= 0.3 is 5.97 Å². The monoisotopic (exact) mass is 381 g/mol. The average Bonchev–Trinajstić information content (AvgIpc) is 2.61. The number of aryl methyl sites for hydroxylation is 1. The number of halogens is 4. The number of methoxy groups -OCH3 is 1. The Morgan fingerprint density at radius 2 is 1.74 bits per heavy atom. The van der Waals surface area contributed by atoms with Gasteiger partial charge in [-0.2, -0.15) is 0 Å². The minimum absolute atomic E-state index is 0.253. The highest BCUT2D eigenvalue weighted by atomic mass is 19.2. The summed E-state index contributed by atoms with van der Waals surface area (Å²) in [6.45, 7) is 1.15. The van der Waals surface area contributed by atoms with Crippen LogP contribution in [0.1, 0.15) is 15.9 Å². The van der Waals surface area contributed by atoms with Crippen molar-refractivity contribution in [2.45, 2.75) is 6.92 Å². The van der Waals surface area contributed by atoms with Gasteiger partial charge in [0.15, 0.2) is 23.2 Å². The number of ether oxygens (including phenoxy) is 1. The normalized spacial score (nSPS) is 11.0. The molecule has 27 heavy (non-hydrogen) atoms. The van der Waals surface area contributed by atoms with Crippen LogP contribution in [0.15, 0.2) is 29.2 Å². The van der Waals surface area contributed by atoms with E-state index < -0.39 is 51.3 Å². The van der Waals surface area contributed by atoms with E-state index in [4.69, 9.17) is 4.74 Å². The summed E-state index contributed by atoms with van der Waals surface area (Å²) >= 11 is 0. The molecule has 1 heterocycles. The lowest BCUT2D eigenvalue weighted by Crippen LogP contribution is -2.20. The van der Waals surface area contributed by atoms with Gasteiger partial charge in [0, 0.05) is 23.9 Å². The van der Waals surface area contributed by atoms with Crippen LogP contribution in [-0.2, 0) is 0 Å². The van der Waals surface area contributed by atoms with Crippen molar-refractivity contribution in [1.29, 1.82) is 0 Å².